The van der Waals surface area contributed by atoms with Gasteiger partial charge in [-0.05, 0) is 30.2 Å². The highest BCUT2D eigenvalue weighted by Gasteiger charge is 2.26. The van der Waals surface area contributed by atoms with Crippen LogP contribution in [0, 0.1) is 10.1 Å². The van der Waals surface area contributed by atoms with Gasteiger partial charge in [-0.25, -0.2) is 0 Å². The Morgan fingerprint density at radius 2 is 1.44 bits per heavy atom. The van der Waals surface area contributed by atoms with E-state index < -0.39 is 4.92 Å². The van der Waals surface area contributed by atoms with Crippen LogP contribution in [0.4, 0.5) is 11.4 Å². The molecular formula is C26H28Cl2N4O2. The summed E-state index contributed by atoms with van der Waals surface area (Å²) in [7, 11) is 0. The van der Waals surface area contributed by atoms with Gasteiger partial charge in [0.25, 0.3) is 5.69 Å². The summed E-state index contributed by atoms with van der Waals surface area (Å²) >= 11 is 12.0. The number of rotatable bonds is 9. The topological polar surface area (TPSA) is 61.7 Å². The molecule has 3 aromatic carbocycles. The van der Waals surface area contributed by atoms with Crippen molar-refractivity contribution in [2.75, 3.05) is 44.6 Å². The summed E-state index contributed by atoms with van der Waals surface area (Å²) in [6, 6.07) is 24.4. The van der Waals surface area contributed by atoms with E-state index in [0.29, 0.717) is 17.3 Å². The fraction of sp³-hybridized carbons (Fsp3) is 0.308. The lowest BCUT2D eigenvalue weighted by atomic mass is 9.96. The van der Waals surface area contributed by atoms with Gasteiger partial charge in [0.05, 0.1) is 21.0 Å². The molecule has 0 aliphatic carbocycles. The van der Waals surface area contributed by atoms with E-state index in [-0.39, 0.29) is 16.8 Å². The van der Waals surface area contributed by atoms with Crippen molar-refractivity contribution in [1.29, 1.82) is 0 Å². The molecular weight excluding hydrogens is 471 g/mol. The van der Waals surface area contributed by atoms with Crippen molar-refractivity contribution < 1.29 is 4.92 Å². The Labute approximate surface area is 210 Å². The van der Waals surface area contributed by atoms with Crippen LogP contribution in [-0.2, 0) is 0 Å². The first-order valence-electron chi connectivity index (χ1n) is 11.5. The Balaban J connectivity index is 1.30. The van der Waals surface area contributed by atoms with E-state index >= 15 is 0 Å². The van der Waals surface area contributed by atoms with Crippen molar-refractivity contribution >= 4 is 34.6 Å². The molecule has 178 valence electrons. The van der Waals surface area contributed by atoms with Crippen LogP contribution >= 0.6 is 23.2 Å². The van der Waals surface area contributed by atoms with Gasteiger partial charge >= 0.3 is 0 Å². The van der Waals surface area contributed by atoms with Crippen molar-refractivity contribution in [1.82, 2.24) is 9.80 Å². The Morgan fingerprint density at radius 3 is 2.00 bits per heavy atom. The third-order valence-electron chi connectivity index (χ3n) is 6.20. The van der Waals surface area contributed by atoms with E-state index in [1.54, 1.807) is 0 Å². The number of hydrogen-bond donors (Lipinski definition) is 1. The van der Waals surface area contributed by atoms with Gasteiger partial charge in [0.2, 0.25) is 0 Å². The third-order valence-corrected chi connectivity index (χ3v) is 6.93. The minimum absolute atomic E-state index is 0.0594. The summed E-state index contributed by atoms with van der Waals surface area (Å²) < 4.78 is 0. The maximum absolute atomic E-state index is 11.3. The summed E-state index contributed by atoms with van der Waals surface area (Å²) in [5.41, 5.74) is 2.97. The molecule has 1 N–H and O–H groups in total. The van der Waals surface area contributed by atoms with Gasteiger partial charge in [0.15, 0.2) is 0 Å². The molecule has 0 spiro atoms. The quantitative estimate of drug-likeness (QED) is 0.219. The maximum atomic E-state index is 11.3. The highest BCUT2D eigenvalue weighted by Crippen LogP contribution is 2.34. The molecule has 1 fully saturated rings. The van der Waals surface area contributed by atoms with Gasteiger partial charge < -0.3 is 10.2 Å². The van der Waals surface area contributed by atoms with Crippen molar-refractivity contribution in [3.8, 4) is 0 Å². The van der Waals surface area contributed by atoms with Gasteiger partial charge in [0.1, 0.15) is 5.69 Å². The number of hydrogen-bond acceptors (Lipinski definition) is 5. The third kappa shape index (κ3) is 6.07. The van der Waals surface area contributed by atoms with Gasteiger partial charge in [0, 0.05) is 38.8 Å². The summed E-state index contributed by atoms with van der Waals surface area (Å²) in [4.78, 5) is 15.9. The zero-order chi connectivity index (χ0) is 23.9. The number of benzene rings is 3. The summed E-state index contributed by atoms with van der Waals surface area (Å²) in [5, 5.41) is 14.9. The molecule has 1 saturated heterocycles. The fourth-order valence-electron chi connectivity index (χ4n) is 4.48. The standard InChI is InChI=1S/C26H28Cl2N4O2/c27-22-18-24(25(32(33)34)19-23(22)28)29-12-7-13-30-14-16-31(17-15-30)26(20-8-3-1-4-9-20)21-10-5-2-6-11-21/h1-6,8-11,18-19,26,29H,7,12-17H2. The average molecular weight is 499 g/mol. The fourth-order valence-corrected chi connectivity index (χ4v) is 4.81. The second kappa shape index (κ2) is 11.7. The molecule has 0 atom stereocenters. The minimum atomic E-state index is -0.445. The molecule has 34 heavy (non-hydrogen) atoms. The SMILES string of the molecule is O=[N+]([O-])c1cc(Cl)c(Cl)cc1NCCCN1CCN(C(c2ccccc2)c2ccccc2)CC1. The first kappa shape index (κ1) is 24.5. The molecule has 1 heterocycles. The predicted octanol–water partition coefficient (Wildman–Crippen LogP) is 6.11. The molecule has 1 aliphatic heterocycles. The van der Waals surface area contributed by atoms with E-state index in [1.165, 1.54) is 23.3 Å². The lowest BCUT2D eigenvalue weighted by Crippen LogP contribution is -2.48. The Morgan fingerprint density at radius 1 is 0.882 bits per heavy atom. The van der Waals surface area contributed by atoms with Crippen LogP contribution in [0.1, 0.15) is 23.6 Å². The van der Waals surface area contributed by atoms with Crippen molar-refractivity contribution in [2.45, 2.75) is 12.5 Å². The average Bonchev–Trinajstić information content (AvgIpc) is 2.86. The molecule has 8 heteroatoms. The van der Waals surface area contributed by atoms with E-state index in [1.807, 2.05) is 0 Å². The highest BCUT2D eigenvalue weighted by atomic mass is 35.5. The first-order chi connectivity index (χ1) is 16.5. The van der Waals surface area contributed by atoms with E-state index in [9.17, 15) is 10.1 Å². The van der Waals surface area contributed by atoms with Crippen molar-refractivity contribution in [2.24, 2.45) is 0 Å². The molecule has 4 rings (SSSR count). The van der Waals surface area contributed by atoms with Crippen LogP contribution in [0.2, 0.25) is 10.0 Å². The molecule has 0 radical (unpaired) electrons. The Hall–Kier alpha value is -2.64. The van der Waals surface area contributed by atoms with E-state index in [0.717, 1.165) is 39.1 Å². The number of halogens is 2. The van der Waals surface area contributed by atoms with Gasteiger partial charge in [-0.1, -0.05) is 83.9 Å². The monoisotopic (exact) mass is 498 g/mol. The zero-order valence-electron chi connectivity index (χ0n) is 18.9. The van der Waals surface area contributed by atoms with Crippen LogP contribution in [0.5, 0.6) is 0 Å². The largest absolute Gasteiger partial charge is 0.379 e. The van der Waals surface area contributed by atoms with Gasteiger partial charge in [-0.15, -0.1) is 0 Å². The van der Waals surface area contributed by atoms with Crippen molar-refractivity contribution in [3.05, 3.63) is 104 Å². The van der Waals surface area contributed by atoms with Crippen molar-refractivity contribution in [3.63, 3.8) is 0 Å². The molecule has 0 bridgehead atoms. The second-order valence-corrected chi connectivity index (χ2v) is 9.24. The number of nitro benzene ring substituents is 1. The molecule has 3 aromatic rings. The highest BCUT2D eigenvalue weighted by molar-refractivity contribution is 6.42. The first-order valence-corrected chi connectivity index (χ1v) is 12.2. The van der Waals surface area contributed by atoms with Crippen LogP contribution < -0.4 is 5.32 Å². The number of nitrogens with zero attached hydrogens (tertiary/aromatic N) is 3. The predicted molar refractivity (Wildman–Crippen MR) is 139 cm³/mol. The van der Waals surface area contributed by atoms with Crippen LogP contribution in [0.25, 0.3) is 0 Å². The molecule has 0 amide bonds. The summed E-state index contributed by atoms with van der Waals surface area (Å²) in [6.07, 6.45) is 0.873. The second-order valence-electron chi connectivity index (χ2n) is 8.42. The van der Waals surface area contributed by atoms with Crippen LogP contribution in [-0.4, -0.2) is 54.0 Å². The Bertz CT molecular complexity index is 1050. The van der Waals surface area contributed by atoms with E-state index in [2.05, 4.69) is 75.8 Å². The lowest BCUT2D eigenvalue weighted by Gasteiger charge is -2.39. The normalized spacial score (nSPS) is 14.9. The molecule has 1 aliphatic rings. The number of nitro groups is 1. The smallest absolute Gasteiger partial charge is 0.293 e. The number of piperazine rings is 1. The van der Waals surface area contributed by atoms with Crippen LogP contribution in [0.15, 0.2) is 72.8 Å². The molecule has 0 unspecified atom stereocenters. The van der Waals surface area contributed by atoms with Crippen LogP contribution in [0.3, 0.4) is 0 Å². The molecule has 0 saturated carbocycles. The molecule has 0 aromatic heterocycles. The molecule has 6 nitrogen and oxygen atoms in total. The summed E-state index contributed by atoms with van der Waals surface area (Å²) in [5.74, 6) is 0. The Kier molecular flexibility index (Phi) is 8.40. The van der Waals surface area contributed by atoms with Gasteiger partial charge in [-0.3, -0.25) is 15.0 Å². The van der Waals surface area contributed by atoms with E-state index in [4.69, 9.17) is 23.2 Å². The summed E-state index contributed by atoms with van der Waals surface area (Å²) in [6.45, 7) is 5.50. The lowest BCUT2D eigenvalue weighted by molar-refractivity contribution is -0.383. The minimum Gasteiger partial charge on any atom is -0.379 e. The van der Waals surface area contributed by atoms with Gasteiger partial charge in [-0.2, -0.15) is 0 Å². The zero-order valence-corrected chi connectivity index (χ0v) is 20.4. The maximum Gasteiger partial charge on any atom is 0.293 e. The number of nitrogens with one attached hydrogen (secondary N) is 1. The number of anilines is 1.